The number of carbonyl (C=O) groups excluding carboxylic acids is 1. The molecule has 1 aliphatic rings. The van der Waals surface area contributed by atoms with Crippen LogP contribution in [0.4, 0.5) is 11.4 Å². The largest absolute Gasteiger partial charge is 0.354 e. The van der Waals surface area contributed by atoms with Crippen LogP contribution in [0.25, 0.3) is 0 Å². The summed E-state index contributed by atoms with van der Waals surface area (Å²) in [7, 11) is 0. The Morgan fingerprint density at radius 1 is 1.14 bits per heavy atom. The van der Waals surface area contributed by atoms with Crippen LogP contribution in [0.2, 0.25) is 5.02 Å². The molecule has 1 aliphatic carbocycles. The van der Waals surface area contributed by atoms with E-state index in [-0.39, 0.29) is 5.91 Å². The van der Waals surface area contributed by atoms with Crippen LogP contribution in [-0.2, 0) is 0 Å². The fourth-order valence-electron chi connectivity index (χ4n) is 2.66. The normalized spacial score (nSPS) is 14.8. The Labute approximate surface area is 134 Å². The van der Waals surface area contributed by atoms with Gasteiger partial charge in [-0.15, -0.1) is 0 Å². The van der Waals surface area contributed by atoms with Crippen LogP contribution >= 0.6 is 11.6 Å². The number of halogens is 1. The third-order valence-corrected chi connectivity index (χ3v) is 4.03. The molecule has 0 bridgehead atoms. The van der Waals surface area contributed by atoms with Gasteiger partial charge in [0.1, 0.15) is 5.69 Å². The molecule has 2 aromatic rings. The summed E-state index contributed by atoms with van der Waals surface area (Å²) in [6.45, 7) is 0. The van der Waals surface area contributed by atoms with E-state index in [2.05, 4.69) is 15.6 Å². The first kappa shape index (κ1) is 14.9. The summed E-state index contributed by atoms with van der Waals surface area (Å²) >= 11 is 5.95. The summed E-state index contributed by atoms with van der Waals surface area (Å²) in [5.74, 6) is -0.0961. The van der Waals surface area contributed by atoms with Crippen LogP contribution in [0.5, 0.6) is 0 Å². The van der Waals surface area contributed by atoms with Crippen molar-refractivity contribution >= 4 is 28.9 Å². The first-order valence-electron chi connectivity index (χ1n) is 7.50. The van der Waals surface area contributed by atoms with Gasteiger partial charge in [-0.2, -0.15) is 0 Å². The lowest BCUT2D eigenvalue weighted by Gasteiger charge is -2.12. The smallest absolute Gasteiger partial charge is 0.270 e. The van der Waals surface area contributed by atoms with Crippen LogP contribution < -0.4 is 10.6 Å². The molecule has 114 valence electrons. The molecule has 1 aromatic heterocycles. The van der Waals surface area contributed by atoms with Crippen molar-refractivity contribution < 1.29 is 4.79 Å². The Balaban J connectivity index is 1.63. The fourth-order valence-corrected chi connectivity index (χ4v) is 2.85. The molecule has 3 rings (SSSR count). The van der Waals surface area contributed by atoms with Gasteiger partial charge in [-0.05, 0) is 43.2 Å². The number of anilines is 2. The monoisotopic (exact) mass is 315 g/mol. The summed E-state index contributed by atoms with van der Waals surface area (Å²) in [5, 5.41) is 6.91. The Bertz CT molecular complexity index is 651. The van der Waals surface area contributed by atoms with Gasteiger partial charge < -0.3 is 10.6 Å². The summed E-state index contributed by atoms with van der Waals surface area (Å²) in [5.41, 5.74) is 2.15. The number of nitrogens with one attached hydrogen (secondary N) is 2. The molecule has 1 amide bonds. The van der Waals surface area contributed by atoms with Crippen LogP contribution in [0.3, 0.4) is 0 Å². The number of pyridine rings is 1. The van der Waals surface area contributed by atoms with Crippen molar-refractivity contribution in [3.63, 3.8) is 0 Å². The minimum Gasteiger partial charge on any atom is -0.354 e. The van der Waals surface area contributed by atoms with Gasteiger partial charge in [-0.1, -0.05) is 30.5 Å². The van der Waals surface area contributed by atoms with E-state index in [0.717, 1.165) is 24.2 Å². The number of aromatic nitrogens is 1. The lowest BCUT2D eigenvalue weighted by molar-refractivity contribution is 0.0933. The van der Waals surface area contributed by atoms with Crippen molar-refractivity contribution in [1.82, 2.24) is 10.3 Å². The maximum Gasteiger partial charge on any atom is 0.270 e. The molecular formula is C17H18ClN3O. The van der Waals surface area contributed by atoms with Gasteiger partial charge in [0.2, 0.25) is 0 Å². The molecule has 1 fully saturated rings. The predicted molar refractivity (Wildman–Crippen MR) is 88.7 cm³/mol. The second-order valence-electron chi connectivity index (χ2n) is 5.52. The van der Waals surface area contributed by atoms with Crippen molar-refractivity contribution in [2.75, 3.05) is 5.32 Å². The van der Waals surface area contributed by atoms with Gasteiger partial charge in [-0.25, -0.2) is 4.98 Å². The topological polar surface area (TPSA) is 54.0 Å². The molecule has 5 heteroatoms. The van der Waals surface area contributed by atoms with Crippen LogP contribution in [0.15, 0.2) is 42.6 Å². The Kier molecular flexibility index (Phi) is 4.59. The van der Waals surface area contributed by atoms with Gasteiger partial charge >= 0.3 is 0 Å². The van der Waals surface area contributed by atoms with E-state index in [1.807, 2.05) is 30.3 Å². The number of hydrogen-bond acceptors (Lipinski definition) is 3. The van der Waals surface area contributed by atoms with Gasteiger partial charge in [0.05, 0.1) is 11.9 Å². The Hall–Kier alpha value is -2.07. The molecule has 1 heterocycles. The molecular weight excluding hydrogens is 298 g/mol. The zero-order valence-electron chi connectivity index (χ0n) is 12.2. The van der Waals surface area contributed by atoms with E-state index in [1.54, 1.807) is 12.3 Å². The molecule has 0 saturated heterocycles. The second kappa shape index (κ2) is 6.79. The fraction of sp³-hybridized carbons (Fsp3) is 0.294. The minimum absolute atomic E-state index is 0.0961. The van der Waals surface area contributed by atoms with Crippen LogP contribution in [0.1, 0.15) is 36.2 Å². The van der Waals surface area contributed by atoms with E-state index in [1.165, 1.54) is 12.8 Å². The van der Waals surface area contributed by atoms with E-state index >= 15 is 0 Å². The summed E-state index contributed by atoms with van der Waals surface area (Å²) in [6, 6.07) is 11.3. The number of hydrogen-bond donors (Lipinski definition) is 2. The average Bonchev–Trinajstić information content (AvgIpc) is 3.01. The first-order valence-corrected chi connectivity index (χ1v) is 7.88. The predicted octanol–water partition coefficient (Wildman–Crippen LogP) is 4.15. The summed E-state index contributed by atoms with van der Waals surface area (Å²) < 4.78 is 0. The number of carbonyl (C=O) groups is 1. The van der Waals surface area contributed by atoms with Crippen molar-refractivity contribution in [3.8, 4) is 0 Å². The zero-order chi connectivity index (χ0) is 15.4. The highest BCUT2D eigenvalue weighted by atomic mass is 35.5. The lowest BCUT2D eigenvalue weighted by Crippen LogP contribution is -2.33. The van der Waals surface area contributed by atoms with E-state index < -0.39 is 0 Å². The zero-order valence-corrected chi connectivity index (χ0v) is 12.9. The molecule has 0 spiro atoms. The number of rotatable bonds is 4. The van der Waals surface area contributed by atoms with Gasteiger partial charge in [-0.3, -0.25) is 4.79 Å². The lowest BCUT2D eigenvalue weighted by atomic mass is 10.2. The maximum atomic E-state index is 12.1. The third-order valence-electron chi connectivity index (χ3n) is 3.80. The molecule has 4 nitrogen and oxygen atoms in total. The first-order chi connectivity index (χ1) is 10.7. The summed E-state index contributed by atoms with van der Waals surface area (Å²) in [4.78, 5) is 16.3. The molecule has 0 radical (unpaired) electrons. The average molecular weight is 316 g/mol. The molecule has 22 heavy (non-hydrogen) atoms. The van der Waals surface area contributed by atoms with Gasteiger partial charge in [0, 0.05) is 16.8 Å². The maximum absolute atomic E-state index is 12.1. The SMILES string of the molecule is O=C(NC1CCCC1)c1ccc(Nc2cccc(Cl)c2)cn1. The highest BCUT2D eigenvalue weighted by Crippen LogP contribution is 2.20. The number of benzene rings is 1. The molecule has 0 aliphatic heterocycles. The van der Waals surface area contributed by atoms with Crippen LogP contribution in [-0.4, -0.2) is 16.9 Å². The Morgan fingerprint density at radius 2 is 1.95 bits per heavy atom. The van der Waals surface area contributed by atoms with Gasteiger partial charge in [0.25, 0.3) is 5.91 Å². The number of amides is 1. The third kappa shape index (κ3) is 3.77. The number of nitrogens with zero attached hydrogens (tertiary/aromatic N) is 1. The van der Waals surface area contributed by atoms with Crippen molar-refractivity contribution in [1.29, 1.82) is 0 Å². The molecule has 1 aromatic carbocycles. The van der Waals surface area contributed by atoms with E-state index in [4.69, 9.17) is 11.6 Å². The van der Waals surface area contributed by atoms with Crippen LogP contribution in [0, 0.1) is 0 Å². The molecule has 0 unspecified atom stereocenters. The van der Waals surface area contributed by atoms with Crippen molar-refractivity contribution in [2.45, 2.75) is 31.7 Å². The van der Waals surface area contributed by atoms with E-state index in [0.29, 0.717) is 16.8 Å². The van der Waals surface area contributed by atoms with E-state index in [9.17, 15) is 4.79 Å². The highest BCUT2D eigenvalue weighted by Gasteiger charge is 2.18. The summed E-state index contributed by atoms with van der Waals surface area (Å²) in [6.07, 6.45) is 6.19. The van der Waals surface area contributed by atoms with Crippen molar-refractivity contribution in [2.24, 2.45) is 0 Å². The molecule has 0 atom stereocenters. The second-order valence-corrected chi connectivity index (χ2v) is 5.96. The van der Waals surface area contributed by atoms with Gasteiger partial charge in [0.15, 0.2) is 0 Å². The minimum atomic E-state index is -0.0961. The van der Waals surface area contributed by atoms with Crippen molar-refractivity contribution in [3.05, 3.63) is 53.3 Å². The standard InChI is InChI=1S/C17H18ClN3O/c18-12-4-3-7-14(10-12)20-15-8-9-16(19-11-15)17(22)21-13-5-1-2-6-13/h3-4,7-11,13,20H,1-2,5-6H2,(H,21,22). The Morgan fingerprint density at radius 3 is 2.64 bits per heavy atom. The molecule has 1 saturated carbocycles. The quantitative estimate of drug-likeness (QED) is 0.891. The molecule has 2 N–H and O–H groups in total. The highest BCUT2D eigenvalue weighted by molar-refractivity contribution is 6.30.